The lowest BCUT2D eigenvalue weighted by atomic mass is 10.0. The van der Waals surface area contributed by atoms with Crippen molar-refractivity contribution in [1.29, 1.82) is 0 Å². The molecule has 1 saturated carbocycles. The van der Waals surface area contributed by atoms with E-state index in [1.807, 2.05) is 0 Å². The third-order valence-corrected chi connectivity index (χ3v) is 4.20. The second-order valence-electron chi connectivity index (χ2n) is 6.29. The fourth-order valence-electron chi connectivity index (χ4n) is 2.61. The first kappa shape index (κ1) is 18.0. The third-order valence-electron chi connectivity index (χ3n) is 4.20. The topological polar surface area (TPSA) is 47.9 Å². The van der Waals surface area contributed by atoms with Crippen LogP contribution in [0.4, 0.5) is 0 Å². The van der Waals surface area contributed by atoms with Crippen molar-refractivity contribution in [3.05, 3.63) is 35.4 Å². The minimum atomic E-state index is 0. The van der Waals surface area contributed by atoms with Gasteiger partial charge < -0.3 is 15.1 Å². The standard InChI is InChI=1S/C17H24N4O.HI/c1-20(2)16(22)11-18-17(19-15-7-8-15)21-10-9-13-5-3-4-6-14(13)12-21;/h3-6,15H,7-12H2,1-2H3,(H,18,19);1H. The van der Waals surface area contributed by atoms with E-state index < -0.39 is 0 Å². The zero-order chi connectivity index (χ0) is 15.5. The molecule has 3 rings (SSSR count). The minimum Gasteiger partial charge on any atom is -0.353 e. The first-order chi connectivity index (χ1) is 10.6. The maximum absolute atomic E-state index is 11.8. The third kappa shape index (κ3) is 4.83. The summed E-state index contributed by atoms with van der Waals surface area (Å²) in [5.74, 6) is 0.916. The van der Waals surface area contributed by atoms with Gasteiger partial charge in [-0.05, 0) is 30.4 Å². The summed E-state index contributed by atoms with van der Waals surface area (Å²) < 4.78 is 0. The summed E-state index contributed by atoms with van der Waals surface area (Å²) >= 11 is 0. The van der Waals surface area contributed by atoms with Gasteiger partial charge in [-0.15, -0.1) is 24.0 Å². The molecule has 23 heavy (non-hydrogen) atoms. The lowest BCUT2D eigenvalue weighted by Crippen LogP contribution is -2.45. The molecule has 1 aromatic carbocycles. The molecule has 0 bridgehead atoms. The van der Waals surface area contributed by atoms with Crippen molar-refractivity contribution >= 4 is 35.8 Å². The lowest BCUT2D eigenvalue weighted by molar-refractivity contribution is -0.127. The van der Waals surface area contributed by atoms with Gasteiger partial charge in [-0.1, -0.05) is 24.3 Å². The monoisotopic (exact) mass is 428 g/mol. The van der Waals surface area contributed by atoms with E-state index in [-0.39, 0.29) is 36.4 Å². The number of nitrogens with one attached hydrogen (secondary N) is 1. The summed E-state index contributed by atoms with van der Waals surface area (Å²) in [5, 5.41) is 3.49. The SMILES string of the molecule is CN(C)C(=O)CN=C(NC1CC1)N1CCc2ccccc2C1.I. The molecule has 2 aliphatic rings. The van der Waals surface area contributed by atoms with Crippen LogP contribution in [0.5, 0.6) is 0 Å². The Balaban J connectivity index is 0.00000192. The number of hydrogen-bond acceptors (Lipinski definition) is 2. The Hall–Kier alpha value is -1.31. The Bertz CT molecular complexity index is 584. The number of carbonyl (C=O) groups is 1. The van der Waals surface area contributed by atoms with E-state index in [1.165, 1.54) is 24.0 Å². The minimum absolute atomic E-state index is 0. The maximum atomic E-state index is 11.8. The molecule has 0 atom stereocenters. The summed E-state index contributed by atoms with van der Waals surface area (Å²) in [7, 11) is 3.53. The van der Waals surface area contributed by atoms with Gasteiger partial charge in [-0.25, -0.2) is 4.99 Å². The molecule has 1 aliphatic heterocycles. The van der Waals surface area contributed by atoms with Gasteiger partial charge in [0.05, 0.1) is 0 Å². The predicted molar refractivity (Wildman–Crippen MR) is 103 cm³/mol. The van der Waals surface area contributed by atoms with E-state index in [4.69, 9.17) is 0 Å². The Morgan fingerprint density at radius 1 is 1.30 bits per heavy atom. The average Bonchev–Trinajstić information content (AvgIpc) is 3.34. The molecule has 0 unspecified atom stereocenters. The van der Waals surface area contributed by atoms with Gasteiger partial charge in [0.2, 0.25) is 5.91 Å². The number of fused-ring (bicyclic) bond motifs is 1. The van der Waals surface area contributed by atoms with Gasteiger partial charge >= 0.3 is 0 Å². The normalized spacial score (nSPS) is 17.1. The van der Waals surface area contributed by atoms with E-state index >= 15 is 0 Å². The molecule has 1 fully saturated rings. The molecule has 6 heteroatoms. The summed E-state index contributed by atoms with van der Waals surface area (Å²) in [6.45, 7) is 2.02. The maximum Gasteiger partial charge on any atom is 0.243 e. The van der Waals surface area contributed by atoms with E-state index in [1.54, 1.807) is 19.0 Å². The van der Waals surface area contributed by atoms with E-state index in [0.717, 1.165) is 25.5 Å². The van der Waals surface area contributed by atoms with Crippen LogP contribution in [0.2, 0.25) is 0 Å². The Kier molecular flexibility index (Phi) is 6.26. The number of nitrogens with zero attached hydrogens (tertiary/aromatic N) is 3. The molecule has 0 saturated heterocycles. The van der Waals surface area contributed by atoms with Crippen LogP contribution in [0.25, 0.3) is 0 Å². The van der Waals surface area contributed by atoms with Crippen LogP contribution in [-0.2, 0) is 17.8 Å². The zero-order valence-electron chi connectivity index (χ0n) is 13.8. The van der Waals surface area contributed by atoms with Crippen LogP contribution >= 0.6 is 24.0 Å². The lowest BCUT2D eigenvalue weighted by Gasteiger charge is -2.32. The van der Waals surface area contributed by atoms with Crippen molar-refractivity contribution in [2.45, 2.75) is 31.8 Å². The van der Waals surface area contributed by atoms with Crippen molar-refractivity contribution in [2.24, 2.45) is 4.99 Å². The second-order valence-corrected chi connectivity index (χ2v) is 6.29. The highest BCUT2D eigenvalue weighted by Crippen LogP contribution is 2.22. The van der Waals surface area contributed by atoms with Crippen molar-refractivity contribution < 1.29 is 4.79 Å². The van der Waals surface area contributed by atoms with Crippen molar-refractivity contribution in [1.82, 2.24) is 15.1 Å². The molecule has 1 heterocycles. The summed E-state index contributed by atoms with van der Waals surface area (Å²) in [5.41, 5.74) is 2.78. The molecule has 1 amide bonds. The van der Waals surface area contributed by atoms with Gasteiger partial charge in [0.15, 0.2) is 5.96 Å². The molecule has 126 valence electrons. The van der Waals surface area contributed by atoms with Gasteiger partial charge in [-0.3, -0.25) is 4.79 Å². The van der Waals surface area contributed by atoms with Crippen molar-refractivity contribution in [3.8, 4) is 0 Å². The highest BCUT2D eigenvalue weighted by atomic mass is 127. The first-order valence-corrected chi connectivity index (χ1v) is 7.96. The highest BCUT2D eigenvalue weighted by molar-refractivity contribution is 14.0. The zero-order valence-corrected chi connectivity index (χ0v) is 16.1. The molecular weight excluding hydrogens is 403 g/mol. The van der Waals surface area contributed by atoms with Crippen LogP contribution < -0.4 is 5.32 Å². The molecule has 1 N–H and O–H groups in total. The Morgan fingerprint density at radius 2 is 2.00 bits per heavy atom. The van der Waals surface area contributed by atoms with E-state index in [0.29, 0.717) is 6.04 Å². The molecule has 0 spiro atoms. The molecule has 5 nitrogen and oxygen atoms in total. The van der Waals surface area contributed by atoms with Crippen LogP contribution in [0, 0.1) is 0 Å². The first-order valence-electron chi connectivity index (χ1n) is 7.96. The molecular formula is C17H25IN4O. The van der Waals surface area contributed by atoms with Gasteiger partial charge in [0, 0.05) is 33.2 Å². The largest absolute Gasteiger partial charge is 0.353 e. The van der Waals surface area contributed by atoms with Crippen LogP contribution in [0.15, 0.2) is 29.3 Å². The van der Waals surface area contributed by atoms with E-state index in [2.05, 4.69) is 39.5 Å². The smallest absolute Gasteiger partial charge is 0.243 e. The number of amides is 1. The highest BCUT2D eigenvalue weighted by Gasteiger charge is 2.26. The fourth-order valence-corrected chi connectivity index (χ4v) is 2.61. The fraction of sp³-hybridized carbons (Fsp3) is 0.529. The van der Waals surface area contributed by atoms with Crippen LogP contribution in [0.1, 0.15) is 24.0 Å². The summed E-state index contributed by atoms with van der Waals surface area (Å²) in [6, 6.07) is 9.10. The number of benzene rings is 1. The second kappa shape index (κ2) is 7.99. The number of halogens is 1. The number of aliphatic imine (C=N–C) groups is 1. The Labute approximate surface area is 155 Å². The molecule has 1 aliphatic carbocycles. The van der Waals surface area contributed by atoms with Crippen LogP contribution in [-0.4, -0.2) is 54.9 Å². The molecule has 0 radical (unpaired) electrons. The van der Waals surface area contributed by atoms with Gasteiger partial charge in [0.25, 0.3) is 0 Å². The van der Waals surface area contributed by atoms with Gasteiger partial charge in [0.1, 0.15) is 6.54 Å². The number of hydrogen-bond donors (Lipinski definition) is 1. The molecule has 0 aromatic heterocycles. The summed E-state index contributed by atoms with van der Waals surface area (Å²) in [6.07, 6.45) is 3.43. The Morgan fingerprint density at radius 3 is 2.65 bits per heavy atom. The quantitative estimate of drug-likeness (QED) is 0.454. The predicted octanol–water partition coefficient (Wildman–Crippen LogP) is 1.86. The number of likely N-dealkylation sites (N-methyl/N-ethyl adjacent to an activating group) is 1. The van der Waals surface area contributed by atoms with Crippen molar-refractivity contribution in [2.75, 3.05) is 27.2 Å². The average molecular weight is 428 g/mol. The number of carbonyl (C=O) groups excluding carboxylic acids is 1. The van der Waals surface area contributed by atoms with Gasteiger partial charge in [-0.2, -0.15) is 0 Å². The number of guanidine groups is 1. The van der Waals surface area contributed by atoms with Crippen molar-refractivity contribution in [3.63, 3.8) is 0 Å². The van der Waals surface area contributed by atoms with Crippen LogP contribution in [0.3, 0.4) is 0 Å². The van der Waals surface area contributed by atoms with E-state index in [9.17, 15) is 4.79 Å². The molecule has 1 aromatic rings. The number of rotatable bonds is 3. The summed E-state index contributed by atoms with van der Waals surface area (Å²) in [4.78, 5) is 20.2.